The third-order valence-corrected chi connectivity index (χ3v) is 5.95. The smallest absolute Gasteiger partial charge is 0.272 e. The Bertz CT molecular complexity index is 532. The summed E-state index contributed by atoms with van der Waals surface area (Å²) in [5, 5.41) is 0. The number of aromatic nitrogens is 1. The Labute approximate surface area is 137 Å². The lowest BCUT2D eigenvalue weighted by molar-refractivity contribution is -0.0492. The molecule has 4 nitrogen and oxygen atoms in total. The zero-order valence-electron chi connectivity index (χ0n) is 12.9. The number of nitrogen functional groups attached to an aromatic ring is 1. The molecule has 0 aromatic carbocycles. The summed E-state index contributed by atoms with van der Waals surface area (Å²) in [6, 6.07) is 3.92. The van der Waals surface area contributed by atoms with Crippen LogP contribution in [0.3, 0.4) is 0 Å². The zero-order chi connectivity index (χ0) is 14.6. The van der Waals surface area contributed by atoms with Crippen LogP contribution in [0.25, 0.3) is 0 Å². The fourth-order valence-corrected chi connectivity index (χ4v) is 5.38. The van der Waals surface area contributed by atoms with Crippen LogP contribution in [-0.2, 0) is 0 Å². The van der Waals surface area contributed by atoms with E-state index in [1.165, 1.54) is 32.1 Å². The molecule has 0 unspecified atom stereocenters. The molecule has 0 atom stereocenters. The maximum absolute atomic E-state index is 12.7. The highest BCUT2D eigenvalue weighted by molar-refractivity contribution is 5.92. The molecule has 5 heteroatoms. The molecule has 0 radical (unpaired) electrons. The molecule has 1 aromatic heterocycles. The topological polar surface area (TPSA) is 59.2 Å². The van der Waals surface area contributed by atoms with E-state index in [1.807, 2.05) is 11.9 Å². The minimum absolute atomic E-state index is 0. The monoisotopic (exact) mass is 321 g/mol. The highest BCUT2D eigenvalue weighted by Gasteiger charge is 2.50. The number of carbonyl (C=O) groups is 1. The number of nitrogens with two attached hydrogens (primary N) is 1. The zero-order valence-corrected chi connectivity index (χ0v) is 13.8. The highest BCUT2D eigenvalue weighted by Crippen LogP contribution is 2.55. The van der Waals surface area contributed by atoms with E-state index in [0.717, 1.165) is 11.8 Å². The molecule has 4 saturated carbocycles. The molecule has 0 saturated heterocycles. The Hall–Kier alpha value is -1.29. The van der Waals surface area contributed by atoms with Gasteiger partial charge >= 0.3 is 0 Å². The van der Waals surface area contributed by atoms with E-state index in [0.29, 0.717) is 29.3 Å². The first kappa shape index (κ1) is 15.6. The van der Waals surface area contributed by atoms with Gasteiger partial charge in [0.05, 0.1) is 11.9 Å². The van der Waals surface area contributed by atoms with Gasteiger partial charge in [-0.2, -0.15) is 0 Å². The van der Waals surface area contributed by atoms with Crippen molar-refractivity contribution in [3.63, 3.8) is 0 Å². The maximum atomic E-state index is 12.7. The summed E-state index contributed by atoms with van der Waals surface area (Å²) in [6.45, 7) is 0. The average molecular weight is 322 g/mol. The Balaban J connectivity index is 0.00000144. The fourth-order valence-electron chi connectivity index (χ4n) is 5.38. The van der Waals surface area contributed by atoms with Gasteiger partial charge in [-0.15, -0.1) is 12.4 Å². The maximum Gasteiger partial charge on any atom is 0.272 e. The minimum atomic E-state index is 0. The van der Waals surface area contributed by atoms with Crippen LogP contribution >= 0.6 is 12.4 Å². The number of hydrogen-bond acceptors (Lipinski definition) is 3. The van der Waals surface area contributed by atoms with Crippen LogP contribution in [0.15, 0.2) is 18.3 Å². The molecule has 4 fully saturated rings. The first-order chi connectivity index (χ1) is 10.1. The number of amides is 1. The van der Waals surface area contributed by atoms with Crippen molar-refractivity contribution in [3.8, 4) is 0 Å². The lowest BCUT2D eigenvalue weighted by atomic mass is 9.54. The Kier molecular flexibility index (Phi) is 4.06. The second-order valence-electron chi connectivity index (χ2n) is 7.31. The van der Waals surface area contributed by atoms with Gasteiger partial charge < -0.3 is 10.6 Å². The van der Waals surface area contributed by atoms with E-state index in [-0.39, 0.29) is 18.3 Å². The molecule has 4 aliphatic rings. The largest absolute Gasteiger partial charge is 0.397 e. The lowest BCUT2D eigenvalue weighted by Gasteiger charge is -2.56. The van der Waals surface area contributed by atoms with Crippen molar-refractivity contribution >= 4 is 24.0 Å². The van der Waals surface area contributed by atoms with E-state index < -0.39 is 0 Å². The molecular weight excluding hydrogens is 298 g/mol. The van der Waals surface area contributed by atoms with Crippen molar-refractivity contribution in [2.45, 2.75) is 38.1 Å². The summed E-state index contributed by atoms with van der Waals surface area (Å²) in [6.07, 6.45) is 8.30. The number of nitrogens with zero attached hydrogens (tertiary/aromatic N) is 2. The van der Waals surface area contributed by atoms with Crippen LogP contribution in [0.4, 0.5) is 5.69 Å². The van der Waals surface area contributed by atoms with Crippen molar-refractivity contribution in [3.05, 3.63) is 24.0 Å². The Morgan fingerprint density at radius 3 is 2.23 bits per heavy atom. The number of carbonyl (C=O) groups excluding carboxylic acids is 1. The van der Waals surface area contributed by atoms with Crippen LogP contribution in [-0.4, -0.2) is 28.9 Å². The second-order valence-corrected chi connectivity index (χ2v) is 7.31. The highest BCUT2D eigenvalue weighted by atomic mass is 35.5. The van der Waals surface area contributed by atoms with E-state index >= 15 is 0 Å². The molecule has 120 valence electrons. The van der Waals surface area contributed by atoms with E-state index in [9.17, 15) is 4.79 Å². The summed E-state index contributed by atoms with van der Waals surface area (Å²) < 4.78 is 0. The van der Waals surface area contributed by atoms with Gasteiger partial charge in [-0.05, 0) is 67.9 Å². The first-order valence-corrected chi connectivity index (χ1v) is 8.10. The van der Waals surface area contributed by atoms with Crippen LogP contribution in [0.5, 0.6) is 0 Å². The minimum Gasteiger partial charge on any atom is -0.397 e. The van der Waals surface area contributed by atoms with Crippen LogP contribution in [0, 0.1) is 23.7 Å². The standard InChI is InChI=1S/C17H23N3O.ClH/c1-20(17(21)15-3-2-14(18)9-19-15)16-12-5-10-4-11(7-12)8-13(16)6-10;/h2-3,9-13,16H,4-8,18H2,1H3;1H. The number of pyridine rings is 1. The van der Waals surface area contributed by atoms with Gasteiger partial charge in [0.25, 0.3) is 5.91 Å². The first-order valence-electron chi connectivity index (χ1n) is 8.10. The third-order valence-electron chi connectivity index (χ3n) is 5.95. The third kappa shape index (κ3) is 2.47. The number of anilines is 1. The molecule has 22 heavy (non-hydrogen) atoms. The lowest BCUT2D eigenvalue weighted by Crippen LogP contribution is -2.56. The van der Waals surface area contributed by atoms with Crippen molar-refractivity contribution in [1.29, 1.82) is 0 Å². The molecule has 5 rings (SSSR count). The van der Waals surface area contributed by atoms with E-state index in [1.54, 1.807) is 18.3 Å². The molecule has 1 aromatic rings. The van der Waals surface area contributed by atoms with Crippen LogP contribution < -0.4 is 5.73 Å². The molecule has 1 amide bonds. The van der Waals surface area contributed by atoms with E-state index in [4.69, 9.17) is 5.73 Å². The molecular formula is C17H24ClN3O. The summed E-state index contributed by atoms with van der Waals surface area (Å²) in [7, 11) is 1.97. The van der Waals surface area contributed by atoms with Gasteiger partial charge in [-0.3, -0.25) is 4.79 Å². The van der Waals surface area contributed by atoms with Crippen molar-refractivity contribution in [2.75, 3.05) is 12.8 Å². The summed E-state index contributed by atoms with van der Waals surface area (Å²) in [5.41, 5.74) is 6.77. The summed E-state index contributed by atoms with van der Waals surface area (Å²) >= 11 is 0. The molecule has 2 N–H and O–H groups in total. The van der Waals surface area contributed by atoms with Crippen LogP contribution in [0.1, 0.15) is 42.6 Å². The van der Waals surface area contributed by atoms with Gasteiger partial charge in [0.15, 0.2) is 0 Å². The van der Waals surface area contributed by atoms with Gasteiger partial charge in [0, 0.05) is 13.1 Å². The molecule has 4 aliphatic carbocycles. The molecule has 4 bridgehead atoms. The predicted molar refractivity (Wildman–Crippen MR) is 88.8 cm³/mol. The Morgan fingerprint density at radius 2 is 1.73 bits per heavy atom. The normalized spacial score (nSPS) is 35.0. The predicted octanol–water partition coefficient (Wildman–Crippen LogP) is 2.98. The van der Waals surface area contributed by atoms with Gasteiger partial charge in [0.2, 0.25) is 0 Å². The molecule has 0 spiro atoms. The molecule has 0 aliphatic heterocycles. The molecule has 1 heterocycles. The van der Waals surface area contributed by atoms with Crippen molar-refractivity contribution in [2.24, 2.45) is 23.7 Å². The quantitative estimate of drug-likeness (QED) is 0.911. The average Bonchev–Trinajstić information content (AvgIpc) is 2.46. The number of halogens is 1. The van der Waals surface area contributed by atoms with E-state index in [2.05, 4.69) is 4.98 Å². The van der Waals surface area contributed by atoms with Crippen molar-refractivity contribution < 1.29 is 4.79 Å². The van der Waals surface area contributed by atoms with Crippen LogP contribution in [0.2, 0.25) is 0 Å². The summed E-state index contributed by atoms with van der Waals surface area (Å²) in [5.74, 6) is 3.34. The number of hydrogen-bond donors (Lipinski definition) is 1. The van der Waals surface area contributed by atoms with Gasteiger partial charge in [-0.25, -0.2) is 4.98 Å². The summed E-state index contributed by atoms with van der Waals surface area (Å²) in [4.78, 5) is 18.9. The fraction of sp³-hybridized carbons (Fsp3) is 0.647. The van der Waals surface area contributed by atoms with Crippen molar-refractivity contribution in [1.82, 2.24) is 9.88 Å². The second kappa shape index (κ2) is 5.73. The number of rotatable bonds is 2. The Morgan fingerprint density at radius 1 is 1.14 bits per heavy atom. The van der Waals surface area contributed by atoms with Gasteiger partial charge in [0.1, 0.15) is 5.69 Å². The SMILES string of the molecule is CN(C(=O)c1ccc(N)cn1)C1C2CC3CC(C2)CC1C3.Cl. The van der Waals surface area contributed by atoms with Gasteiger partial charge in [-0.1, -0.05) is 0 Å².